The van der Waals surface area contributed by atoms with Crippen LogP contribution in [-0.2, 0) is 6.42 Å². The quantitative estimate of drug-likeness (QED) is 0.770. The molecule has 66 valence electrons. The molecule has 1 N–H and O–H groups in total. The van der Waals surface area contributed by atoms with Gasteiger partial charge in [0.1, 0.15) is 5.75 Å². The molecule has 0 saturated carbocycles. The Morgan fingerprint density at radius 3 is 2.92 bits per heavy atom. The smallest absolute Gasteiger partial charge is 0.118 e. The Morgan fingerprint density at radius 2 is 2.25 bits per heavy atom. The summed E-state index contributed by atoms with van der Waals surface area (Å²) in [5.41, 5.74) is 0.855. The van der Waals surface area contributed by atoms with Crippen molar-refractivity contribution < 1.29 is 5.11 Å². The number of likely N-dealkylation sites (N-methyl/N-ethyl adjacent to an activating group) is 1. The molecule has 0 atom stereocenters. The summed E-state index contributed by atoms with van der Waals surface area (Å²) in [5.74, 6) is 0.294. The summed E-state index contributed by atoms with van der Waals surface area (Å²) >= 11 is 5.75. The second kappa shape index (κ2) is 4.33. The molecule has 0 saturated heterocycles. The topological polar surface area (TPSA) is 34.3 Å². The van der Waals surface area contributed by atoms with Crippen LogP contribution in [0.4, 0.5) is 0 Å². The molecule has 0 aliphatic rings. The van der Waals surface area contributed by atoms with E-state index in [1.54, 1.807) is 25.2 Å². The average Bonchev–Trinajstić information content (AvgIpc) is 2.07. The third-order valence-corrected chi connectivity index (χ3v) is 1.88. The SMILES string of the molecule is C[N-]CCc1cc(Cl)ccc1O. The molecule has 12 heavy (non-hydrogen) atoms. The minimum atomic E-state index is 0.294. The fourth-order valence-electron chi connectivity index (χ4n) is 0.987. The lowest BCUT2D eigenvalue weighted by atomic mass is 10.1. The predicted octanol–water partition coefficient (Wildman–Crippen LogP) is 2.59. The van der Waals surface area contributed by atoms with Gasteiger partial charge in [-0.2, -0.15) is 7.05 Å². The van der Waals surface area contributed by atoms with Crippen LogP contribution in [0.5, 0.6) is 5.75 Å². The molecule has 0 bridgehead atoms. The number of hydrogen-bond acceptors (Lipinski definition) is 1. The maximum absolute atomic E-state index is 9.36. The van der Waals surface area contributed by atoms with Crippen molar-refractivity contribution in [3.8, 4) is 5.75 Å². The highest BCUT2D eigenvalue weighted by atomic mass is 35.5. The molecule has 2 nitrogen and oxygen atoms in total. The average molecular weight is 185 g/mol. The summed E-state index contributed by atoms with van der Waals surface area (Å²) in [6.07, 6.45) is 0.739. The standard InChI is InChI=1S/C9H11ClNO/c1-11-5-4-7-6-8(10)2-3-9(7)12/h2-3,6,12H,4-5H2,1H3/q-1. The number of phenols is 1. The summed E-state index contributed by atoms with van der Waals surface area (Å²) in [4.78, 5) is 0. The second-order valence-corrected chi connectivity index (χ2v) is 3.00. The Hall–Kier alpha value is -0.730. The van der Waals surface area contributed by atoms with E-state index in [2.05, 4.69) is 5.32 Å². The van der Waals surface area contributed by atoms with Crippen molar-refractivity contribution in [1.29, 1.82) is 0 Å². The third-order valence-electron chi connectivity index (χ3n) is 1.65. The summed E-state index contributed by atoms with van der Waals surface area (Å²) in [6.45, 7) is 0.716. The van der Waals surface area contributed by atoms with Gasteiger partial charge in [-0.15, -0.1) is 6.54 Å². The first-order valence-electron chi connectivity index (χ1n) is 3.77. The third kappa shape index (κ3) is 2.40. The van der Waals surface area contributed by atoms with Gasteiger partial charge in [-0.3, -0.25) is 0 Å². The molecule has 0 aliphatic heterocycles. The Kier molecular flexibility index (Phi) is 3.38. The van der Waals surface area contributed by atoms with E-state index in [0.717, 1.165) is 12.0 Å². The van der Waals surface area contributed by atoms with E-state index in [4.69, 9.17) is 11.6 Å². The molecular formula is C9H11ClNO-. The van der Waals surface area contributed by atoms with Crippen molar-refractivity contribution in [1.82, 2.24) is 0 Å². The van der Waals surface area contributed by atoms with E-state index in [0.29, 0.717) is 17.3 Å². The van der Waals surface area contributed by atoms with Gasteiger partial charge in [0, 0.05) is 5.02 Å². The van der Waals surface area contributed by atoms with Gasteiger partial charge in [0.15, 0.2) is 0 Å². The highest BCUT2D eigenvalue weighted by molar-refractivity contribution is 6.30. The first-order valence-corrected chi connectivity index (χ1v) is 4.15. The summed E-state index contributed by atoms with van der Waals surface area (Å²) in [6, 6.07) is 5.04. The van der Waals surface area contributed by atoms with Crippen LogP contribution in [0, 0.1) is 0 Å². The van der Waals surface area contributed by atoms with Crippen molar-refractivity contribution in [2.75, 3.05) is 13.6 Å². The second-order valence-electron chi connectivity index (χ2n) is 2.56. The fourth-order valence-corrected chi connectivity index (χ4v) is 1.18. The van der Waals surface area contributed by atoms with Crippen molar-refractivity contribution in [2.24, 2.45) is 0 Å². The van der Waals surface area contributed by atoms with Crippen LogP contribution >= 0.6 is 11.6 Å². The molecule has 1 rings (SSSR count). The zero-order chi connectivity index (χ0) is 8.97. The van der Waals surface area contributed by atoms with E-state index in [9.17, 15) is 5.11 Å². The lowest BCUT2D eigenvalue weighted by Crippen LogP contribution is -1.90. The number of aromatic hydroxyl groups is 1. The number of benzene rings is 1. The van der Waals surface area contributed by atoms with E-state index in [1.165, 1.54) is 0 Å². The van der Waals surface area contributed by atoms with Gasteiger partial charge < -0.3 is 10.4 Å². The van der Waals surface area contributed by atoms with Gasteiger partial charge in [0.2, 0.25) is 0 Å². The van der Waals surface area contributed by atoms with Crippen LogP contribution in [0.25, 0.3) is 5.32 Å². The summed E-state index contributed by atoms with van der Waals surface area (Å²) in [7, 11) is 1.75. The number of nitrogens with zero attached hydrogens (tertiary/aromatic N) is 1. The summed E-state index contributed by atoms with van der Waals surface area (Å²) in [5, 5.41) is 14.0. The molecule has 3 heteroatoms. The largest absolute Gasteiger partial charge is 0.665 e. The lowest BCUT2D eigenvalue weighted by molar-refractivity contribution is 0.468. The van der Waals surface area contributed by atoms with Gasteiger partial charge in [-0.25, -0.2) is 0 Å². The Morgan fingerprint density at radius 1 is 1.50 bits per heavy atom. The van der Waals surface area contributed by atoms with Crippen LogP contribution in [-0.4, -0.2) is 18.7 Å². The minimum Gasteiger partial charge on any atom is -0.665 e. The molecule has 0 radical (unpaired) electrons. The molecule has 0 aliphatic carbocycles. The van der Waals surface area contributed by atoms with E-state index < -0.39 is 0 Å². The molecular weight excluding hydrogens is 174 g/mol. The highest BCUT2D eigenvalue weighted by Crippen LogP contribution is 2.21. The Bertz CT molecular complexity index is 263. The van der Waals surface area contributed by atoms with E-state index in [-0.39, 0.29) is 0 Å². The first kappa shape index (κ1) is 9.36. The normalized spacial score (nSPS) is 10.2. The van der Waals surface area contributed by atoms with Gasteiger partial charge in [-0.05, 0) is 30.2 Å². The van der Waals surface area contributed by atoms with Crippen LogP contribution in [0.2, 0.25) is 5.02 Å². The van der Waals surface area contributed by atoms with Gasteiger partial charge >= 0.3 is 0 Å². The van der Waals surface area contributed by atoms with Crippen molar-refractivity contribution in [3.05, 3.63) is 34.1 Å². The van der Waals surface area contributed by atoms with Crippen LogP contribution < -0.4 is 0 Å². The van der Waals surface area contributed by atoms with Crippen molar-refractivity contribution >= 4 is 11.6 Å². The van der Waals surface area contributed by atoms with E-state index >= 15 is 0 Å². The number of phenolic OH excluding ortho intramolecular Hbond substituents is 1. The number of halogens is 1. The van der Waals surface area contributed by atoms with Crippen LogP contribution in [0.3, 0.4) is 0 Å². The predicted molar refractivity (Wildman–Crippen MR) is 51.0 cm³/mol. The maximum Gasteiger partial charge on any atom is 0.118 e. The molecule has 0 aromatic heterocycles. The molecule has 0 heterocycles. The molecule has 0 fully saturated rings. The monoisotopic (exact) mass is 184 g/mol. The zero-order valence-corrected chi connectivity index (χ0v) is 7.67. The number of hydrogen-bond donors (Lipinski definition) is 1. The highest BCUT2D eigenvalue weighted by Gasteiger charge is 1.98. The molecule has 0 amide bonds. The van der Waals surface area contributed by atoms with Crippen LogP contribution in [0.1, 0.15) is 5.56 Å². The molecule has 0 unspecified atom stereocenters. The molecule has 1 aromatic carbocycles. The first-order chi connectivity index (χ1) is 5.74. The zero-order valence-electron chi connectivity index (χ0n) is 6.92. The minimum absolute atomic E-state index is 0.294. The van der Waals surface area contributed by atoms with Gasteiger partial charge in [0.25, 0.3) is 0 Å². The van der Waals surface area contributed by atoms with Crippen molar-refractivity contribution in [2.45, 2.75) is 6.42 Å². The van der Waals surface area contributed by atoms with Crippen molar-refractivity contribution in [3.63, 3.8) is 0 Å². The lowest BCUT2D eigenvalue weighted by Gasteiger charge is -2.11. The van der Waals surface area contributed by atoms with Gasteiger partial charge in [-0.1, -0.05) is 11.6 Å². The Balaban J connectivity index is 2.75. The fraction of sp³-hybridized carbons (Fsp3) is 0.333. The molecule has 1 aromatic rings. The number of rotatable bonds is 3. The molecule has 0 spiro atoms. The van der Waals surface area contributed by atoms with Gasteiger partial charge in [0.05, 0.1) is 0 Å². The van der Waals surface area contributed by atoms with E-state index in [1.807, 2.05) is 0 Å². The maximum atomic E-state index is 9.36. The summed E-state index contributed by atoms with van der Waals surface area (Å²) < 4.78 is 0. The Labute approximate surface area is 77.2 Å². The van der Waals surface area contributed by atoms with Crippen LogP contribution in [0.15, 0.2) is 18.2 Å².